The minimum absolute atomic E-state index is 0.369. The molecule has 12 heteroatoms. The Kier molecular flexibility index (Phi) is 4.10. The second-order valence-electron chi connectivity index (χ2n) is 4.74. The van der Waals surface area contributed by atoms with E-state index in [0.29, 0.717) is 12.1 Å². The number of nitrogens with two attached hydrogens (primary N) is 2. The highest BCUT2D eigenvalue weighted by Gasteiger charge is 2.23. The molecule has 0 unspecified atom stereocenters. The van der Waals surface area contributed by atoms with E-state index in [1.165, 1.54) is 0 Å². The highest BCUT2D eigenvalue weighted by atomic mass is 32.2. The Bertz CT molecular complexity index is 1010. The van der Waals surface area contributed by atoms with Crippen molar-refractivity contribution < 1.29 is 36.6 Å². The third-order valence-corrected chi connectivity index (χ3v) is 5.00. The number of carboxylic acids is 2. The summed E-state index contributed by atoms with van der Waals surface area (Å²) >= 11 is 0. The molecule has 6 N–H and O–H groups in total. The third kappa shape index (κ3) is 3.21. The van der Waals surface area contributed by atoms with Gasteiger partial charge >= 0.3 is 11.9 Å². The maximum absolute atomic E-state index is 11.7. The van der Waals surface area contributed by atoms with Crippen LogP contribution in [0.2, 0.25) is 0 Å². The first kappa shape index (κ1) is 17.8. The van der Waals surface area contributed by atoms with Crippen molar-refractivity contribution in [3.05, 3.63) is 35.4 Å². The molecule has 128 valence electrons. The molecule has 0 aliphatic carbocycles. The molecule has 2 rings (SSSR count). The van der Waals surface area contributed by atoms with Crippen LogP contribution in [0.3, 0.4) is 0 Å². The summed E-state index contributed by atoms with van der Waals surface area (Å²) in [6.07, 6.45) is 0. The van der Waals surface area contributed by atoms with Crippen LogP contribution in [0.15, 0.2) is 34.1 Å². The minimum atomic E-state index is -4.48. The van der Waals surface area contributed by atoms with Crippen molar-refractivity contribution in [3.63, 3.8) is 0 Å². The van der Waals surface area contributed by atoms with Gasteiger partial charge in [0.2, 0.25) is 20.0 Å². The van der Waals surface area contributed by atoms with Crippen LogP contribution in [-0.4, -0.2) is 39.0 Å². The second kappa shape index (κ2) is 5.52. The van der Waals surface area contributed by atoms with E-state index in [-0.39, 0.29) is 10.8 Å². The van der Waals surface area contributed by atoms with Gasteiger partial charge in [-0.2, -0.15) is 0 Å². The van der Waals surface area contributed by atoms with E-state index >= 15 is 0 Å². The molecule has 0 bridgehead atoms. The van der Waals surface area contributed by atoms with Crippen LogP contribution in [0.4, 0.5) is 0 Å². The Morgan fingerprint density at radius 2 is 1.00 bits per heavy atom. The summed E-state index contributed by atoms with van der Waals surface area (Å²) in [5, 5.41) is 27.4. The first-order valence-electron chi connectivity index (χ1n) is 5.96. The van der Waals surface area contributed by atoms with Crippen molar-refractivity contribution in [2.24, 2.45) is 10.3 Å². The third-order valence-electron chi connectivity index (χ3n) is 3.10. The van der Waals surface area contributed by atoms with E-state index in [0.717, 1.165) is 12.1 Å². The molecule has 0 atom stereocenters. The SMILES string of the molecule is NS(=O)(=O)c1cc(C(=O)O)cc2c(S(N)(=O)=O)cc(C(=O)O)cc12. The number of aromatic carboxylic acids is 2. The molecule has 0 saturated heterocycles. The first-order chi connectivity index (χ1) is 10.8. The zero-order chi connectivity index (χ0) is 18.4. The molecule has 0 radical (unpaired) electrons. The Hall–Kier alpha value is -2.54. The molecule has 0 aliphatic heterocycles. The van der Waals surface area contributed by atoms with Crippen LogP contribution in [0, 0.1) is 0 Å². The number of benzene rings is 2. The van der Waals surface area contributed by atoms with E-state index in [1.54, 1.807) is 0 Å². The van der Waals surface area contributed by atoms with Crippen molar-refractivity contribution in [2.75, 3.05) is 0 Å². The summed E-state index contributed by atoms with van der Waals surface area (Å²) in [6, 6.07) is 3.16. The van der Waals surface area contributed by atoms with Gasteiger partial charge in [-0.3, -0.25) is 0 Å². The molecule has 24 heavy (non-hydrogen) atoms. The Balaban J connectivity index is 3.20. The van der Waals surface area contributed by atoms with Crippen molar-refractivity contribution in [3.8, 4) is 0 Å². The van der Waals surface area contributed by atoms with Gasteiger partial charge in [-0.05, 0) is 24.3 Å². The lowest BCUT2D eigenvalue weighted by Crippen LogP contribution is -2.17. The number of hydrogen-bond acceptors (Lipinski definition) is 6. The molecule has 0 amide bonds. The number of carboxylic acid groups (broad SMARTS) is 2. The largest absolute Gasteiger partial charge is 0.478 e. The van der Waals surface area contributed by atoms with Crippen molar-refractivity contribution in [1.82, 2.24) is 0 Å². The predicted octanol–water partition coefficient (Wildman–Crippen LogP) is -0.469. The summed E-state index contributed by atoms with van der Waals surface area (Å²) in [4.78, 5) is 20.8. The number of primary sulfonamides is 2. The highest BCUT2D eigenvalue weighted by Crippen LogP contribution is 2.31. The minimum Gasteiger partial charge on any atom is -0.478 e. The van der Waals surface area contributed by atoms with Crippen LogP contribution in [0.5, 0.6) is 0 Å². The van der Waals surface area contributed by atoms with Gasteiger partial charge < -0.3 is 10.2 Å². The van der Waals surface area contributed by atoms with Gasteiger partial charge in [-0.1, -0.05) is 0 Å². The van der Waals surface area contributed by atoms with Crippen molar-refractivity contribution in [1.29, 1.82) is 0 Å². The maximum Gasteiger partial charge on any atom is 0.335 e. The molecule has 2 aromatic carbocycles. The molecule has 10 nitrogen and oxygen atoms in total. The van der Waals surface area contributed by atoms with Gasteiger partial charge in [0.1, 0.15) is 0 Å². The fourth-order valence-electron chi connectivity index (χ4n) is 2.11. The van der Waals surface area contributed by atoms with Gasteiger partial charge in [0.25, 0.3) is 0 Å². The summed E-state index contributed by atoms with van der Waals surface area (Å²) in [5.41, 5.74) is -1.11. The number of hydrogen-bond donors (Lipinski definition) is 4. The predicted molar refractivity (Wildman–Crippen MR) is 80.6 cm³/mol. The zero-order valence-corrected chi connectivity index (χ0v) is 13.3. The van der Waals surface area contributed by atoms with Crippen LogP contribution >= 0.6 is 0 Å². The highest BCUT2D eigenvalue weighted by molar-refractivity contribution is 7.89. The van der Waals surface area contributed by atoms with Crippen LogP contribution < -0.4 is 10.3 Å². The fourth-order valence-corrected chi connectivity index (χ4v) is 3.65. The van der Waals surface area contributed by atoms with Gasteiger partial charge in [0.15, 0.2) is 0 Å². The molecule has 0 aromatic heterocycles. The van der Waals surface area contributed by atoms with Crippen molar-refractivity contribution >= 4 is 42.8 Å². The molecule has 0 spiro atoms. The molecule has 2 aromatic rings. The lowest BCUT2D eigenvalue weighted by Gasteiger charge is -2.11. The van der Waals surface area contributed by atoms with Gasteiger partial charge in [-0.15, -0.1) is 0 Å². The Morgan fingerprint density at radius 1 is 0.708 bits per heavy atom. The second-order valence-corrected chi connectivity index (χ2v) is 7.80. The Labute approximate surface area is 135 Å². The van der Waals surface area contributed by atoms with Gasteiger partial charge in [-0.25, -0.2) is 36.7 Å². The Morgan fingerprint density at radius 3 is 1.21 bits per heavy atom. The quantitative estimate of drug-likeness (QED) is 0.551. The first-order valence-corrected chi connectivity index (χ1v) is 9.05. The molecular formula is C12H10N2O8S2. The average Bonchev–Trinajstić information content (AvgIpc) is 2.42. The van der Waals surface area contributed by atoms with Gasteiger partial charge in [0, 0.05) is 10.8 Å². The standard InChI is InChI=1S/C12H10N2O8S2/c13-23(19,20)9-4-6(12(17)18)2-8-7(9)1-5(11(15)16)3-10(8)24(14,21)22/h1-4H,(H,15,16)(H,17,18)(H2,13,19,20)(H2,14,21,22). The van der Waals surface area contributed by atoms with E-state index < -0.39 is 52.9 Å². The molecular weight excluding hydrogens is 364 g/mol. The molecule has 0 heterocycles. The van der Waals surface area contributed by atoms with E-state index in [4.69, 9.17) is 20.5 Å². The van der Waals surface area contributed by atoms with E-state index in [2.05, 4.69) is 0 Å². The zero-order valence-electron chi connectivity index (χ0n) is 11.6. The summed E-state index contributed by atoms with van der Waals surface area (Å²) in [5.74, 6) is -3.08. The van der Waals surface area contributed by atoms with E-state index in [1.807, 2.05) is 0 Å². The summed E-state index contributed by atoms with van der Waals surface area (Å²) < 4.78 is 46.9. The summed E-state index contributed by atoms with van der Waals surface area (Å²) in [7, 11) is -8.96. The molecule has 0 fully saturated rings. The number of carbonyl (C=O) groups is 2. The lowest BCUT2D eigenvalue weighted by atomic mass is 10.0. The van der Waals surface area contributed by atoms with Crippen LogP contribution in [0.25, 0.3) is 10.8 Å². The van der Waals surface area contributed by atoms with Crippen LogP contribution in [-0.2, 0) is 20.0 Å². The van der Waals surface area contributed by atoms with E-state index in [9.17, 15) is 26.4 Å². The van der Waals surface area contributed by atoms with Gasteiger partial charge in [0.05, 0.1) is 20.9 Å². The normalized spacial score (nSPS) is 12.2. The fraction of sp³-hybridized carbons (Fsp3) is 0. The smallest absolute Gasteiger partial charge is 0.335 e. The summed E-state index contributed by atoms with van der Waals surface area (Å²) in [6.45, 7) is 0. The van der Waals surface area contributed by atoms with Crippen molar-refractivity contribution in [2.45, 2.75) is 9.79 Å². The average molecular weight is 374 g/mol. The van der Waals surface area contributed by atoms with Crippen LogP contribution in [0.1, 0.15) is 20.7 Å². The monoisotopic (exact) mass is 374 g/mol. The topological polar surface area (TPSA) is 195 Å². The number of fused-ring (bicyclic) bond motifs is 1. The number of rotatable bonds is 4. The number of sulfonamides is 2. The molecule has 0 aliphatic rings. The molecule has 0 saturated carbocycles. The maximum atomic E-state index is 11.7. The lowest BCUT2D eigenvalue weighted by molar-refractivity contribution is 0.0685.